The summed E-state index contributed by atoms with van der Waals surface area (Å²) in [5.74, 6) is 26.3. The lowest BCUT2D eigenvalue weighted by atomic mass is 9.76. The first-order chi connectivity index (χ1) is 46.2. The topological polar surface area (TPSA) is 36.9 Å². The van der Waals surface area contributed by atoms with Crippen molar-refractivity contribution in [2.75, 3.05) is 13.2 Å². The molecule has 0 saturated carbocycles. The third kappa shape index (κ3) is 16.3. The standard InChI is InChI=1S/C42H38O.C26H29BO2.C22H21BrO/c1-5-6-7-12-25-43-38-23-17-30(18-24-38)13-8-9-14-31-15-10-11-16-39(31)36-26-32-19-21-34-28-37(42(2,3)4)29-35-22-20-33(27-36)40(32)41(34)35;1-24(2,3)20-12-16-8-10-18-14-21(27-28-25(4,5)26(6,7)29-27)15-19-11-9-17(13-20)22(16)23(18)19;1-2-3-4-9-18-24-21-16-14-19(15-17-21)10-5-6-11-20-12-7-8-13-22(20)23/h10-11,15-24,26-29H,5-7,12,25H2,1-4H3;8-15H,1-7H3;7-8,12-17H,2-4,9,18H2,1H3. The predicted octanol–water partition coefficient (Wildman–Crippen LogP) is 22.9. The Kier molecular flexibility index (Phi) is 21.4. The summed E-state index contributed by atoms with van der Waals surface area (Å²) in [6.45, 7) is 28.0. The summed E-state index contributed by atoms with van der Waals surface area (Å²) < 4.78 is 25.2. The van der Waals surface area contributed by atoms with Gasteiger partial charge in [-0.15, -0.1) is 0 Å². The van der Waals surface area contributed by atoms with Crippen LogP contribution in [0.3, 0.4) is 0 Å². The zero-order valence-corrected chi connectivity index (χ0v) is 59.7. The summed E-state index contributed by atoms with van der Waals surface area (Å²) in [4.78, 5) is 0. The molecule has 1 saturated heterocycles. The van der Waals surface area contributed by atoms with Crippen LogP contribution < -0.4 is 14.9 Å². The Balaban J connectivity index is 0.000000154. The van der Waals surface area contributed by atoms with Crippen molar-refractivity contribution < 1.29 is 18.8 Å². The second-order valence-corrected chi connectivity index (χ2v) is 29.3. The average Bonchev–Trinajstić information content (AvgIpc) is 0.955. The minimum absolute atomic E-state index is 0.111. The molecule has 0 aliphatic carbocycles. The Morgan fingerprint density at radius 2 is 0.750 bits per heavy atom. The number of benzene rings is 12. The van der Waals surface area contributed by atoms with E-state index in [1.54, 1.807) is 0 Å². The molecule has 0 amide bonds. The summed E-state index contributed by atoms with van der Waals surface area (Å²) in [6.07, 6.45) is 9.69. The van der Waals surface area contributed by atoms with Crippen molar-refractivity contribution >= 4 is 93.1 Å². The molecule has 0 atom stereocenters. The van der Waals surface area contributed by atoms with Gasteiger partial charge in [0, 0.05) is 26.7 Å². The first-order valence-electron chi connectivity index (χ1n) is 34.3. The monoisotopic (exact) mass is 1320 g/mol. The molecule has 1 aliphatic rings. The van der Waals surface area contributed by atoms with Gasteiger partial charge in [-0.2, -0.15) is 0 Å². The van der Waals surface area contributed by atoms with Gasteiger partial charge < -0.3 is 18.8 Å². The molecule has 1 aliphatic heterocycles. The van der Waals surface area contributed by atoms with Gasteiger partial charge in [0.05, 0.1) is 24.4 Å². The summed E-state index contributed by atoms with van der Waals surface area (Å²) in [5, 5.41) is 15.6. The maximum absolute atomic E-state index is 6.31. The van der Waals surface area contributed by atoms with E-state index in [0.29, 0.717) is 0 Å². The fourth-order valence-electron chi connectivity index (χ4n) is 12.4. The maximum Gasteiger partial charge on any atom is 0.494 e. The molecule has 12 aromatic rings. The molecular weight excluding hydrogens is 1240 g/mol. The smallest absolute Gasteiger partial charge is 0.494 e. The quantitative estimate of drug-likeness (QED) is 0.0471. The Labute approximate surface area is 579 Å². The highest BCUT2D eigenvalue weighted by Gasteiger charge is 2.51. The van der Waals surface area contributed by atoms with Crippen molar-refractivity contribution in [2.24, 2.45) is 0 Å². The van der Waals surface area contributed by atoms with Crippen LogP contribution in [0.1, 0.15) is 168 Å². The van der Waals surface area contributed by atoms with E-state index in [2.05, 4.69) is 262 Å². The van der Waals surface area contributed by atoms with Crippen LogP contribution in [-0.4, -0.2) is 31.5 Å². The normalized spacial score (nSPS) is 13.2. The largest absolute Gasteiger partial charge is 0.494 e. The molecule has 0 radical (unpaired) electrons. The second-order valence-electron chi connectivity index (χ2n) is 28.5. The third-order valence-corrected chi connectivity index (χ3v) is 19.3. The molecule has 12 aromatic carbocycles. The van der Waals surface area contributed by atoms with Crippen molar-refractivity contribution in [3.8, 4) is 70.0 Å². The van der Waals surface area contributed by atoms with E-state index < -0.39 is 0 Å². The van der Waals surface area contributed by atoms with Crippen molar-refractivity contribution in [1.29, 1.82) is 0 Å². The van der Waals surface area contributed by atoms with Crippen LogP contribution in [0.25, 0.3) is 75.8 Å². The van der Waals surface area contributed by atoms with Gasteiger partial charge in [-0.3, -0.25) is 0 Å². The Bertz CT molecular complexity index is 4830. The molecule has 6 heteroatoms. The highest BCUT2D eigenvalue weighted by atomic mass is 79.9. The van der Waals surface area contributed by atoms with Crippen molar-refractivity contribution in [3.63, 3.8) is 0 Å². The maximum atomic E-state index is 6.31. The predicted molar refractivity (Wildman–Crippen MR) is 413 cm³/mol. The number of unbranched alkanes of at least 4 members (excludes halogenated alkanes) is 6. The highest BCUT2D eigenvalue weighted by Crippen LogP contribution is 2.42. The number of halogens is 1. The summed E-state index contributed by atoms with van der Waals surface area (Å²) in [6, 6.07) is 68.6. The number of hydrogen-bond acceptors (Lipinski definition) is 4. The van der Waals surface area contributed by atoms with Gasteiger partial charge in [-0.25, -0.2) is 0 Å². The average molecular weight is 1320 g/mol. The summed E-state index contributed by atoms with van der Waals surface area (Å²) >= 11 is 3.47. The van der Waals surface area contributed by atoms with Crippen LogP contribution >= 0.6 is 15.9 Å². The van der Waals surface area contributed by atoms with Gasteiger partial charge in [0.15, 0.2) is 0 Å². The molecule has 0 aromatic heterocycles. The van der Waals surface area contributed by atoms with Crippen LogP contribution in [0.5, 0.6) is 11.5 Å². The van der Waals surface area contributed by atoms with E-state index in [4.69, 9.17) is 18.8 Å². The minimum atomic E-state index is -0.339. The van der Waals surface area contributed by atoms with Gasteiger partial charge >= 0.3 is 7.12 Å². The van der Waals surface area contributed by atoms with E-state index in [-0.39, 0.29) is 29.2 Å². The lowest BCUT2D eigenvalue weighted by Crippen LogP contribution is -2.41. The number of hydrogen-bond donors (Lipinski definition) is 0. The zero-order chi connectivity index (χ0) is 67.6. The SMILES string of the molecule is CC(C)(C)c1cc2ccc3cc(B4OC(C)(C)C(C)(C)O4)cc4ccc(c1)c2c34.CCCCCCOc1ccc(C#CC#Cc2ccccc2-c2cc3ccc4cc(C(C)(C)C)cc5ccc(c2)c3c45)cc1.CCCCCCOc1ccc(C#CC#Cc2ccccc2Br)cc1. The molecule has 4 nitrogen and oxygen atoms in total. The van der Waals surface area contributed by atoms with E-state index in [1.165, 1.54) is 120 Å². The van der Waals surface area contributed by atoms with Gasteiger partial charge in [0.25, 0.3) is 0 Å². The van der Waals surface area contributed by atoms with Crippen LogP contribution in [0, 0.1) is 47.4 Å². The van der Waals surface area contributed by atoms with Crippen LogP contribution in [0.2, 0.25) is 0 Å². The fourth-order valence-corrected chi connectivity index (χ4v) is 12.7. The first-order valence-corrected chi connectivity index (χ1v) is 35.1. The van der Waals surface area contributed by atoms with Gasteiger partial charge in [-0.1, -0.05) is 233 Å². The lowest BCUT2D eigenvalue weighted by molar-refractivity contribution is 0.00578. The van der Waals surface area contributed by atoms with E-state index in [9.17, 15) is 0 Å². The highest BCUT2D eigenvalue weighted by molar-refractivity contribution is 9.10. The van der Waals surface area contributed by atoms with Crippen molar-refractivity contribution in [2.45, 2.75) is 156 Å². The molecule has 0 N–H and O–H groups in total. The number of ether oxygens (including phenoxy) is 2. The van der Waals surface area contributed by atoms with Crippen LogP contribution in [0.4, 0.5) is 0 Å². The lowest BCUT2D eigenvalue weighted by Gasteiger charge is -2.32. The molecule has 0 spiro atoms. The number of rotatable bonds is 14. The van der Waals surface area contributed by atoms with Gasteiger partial charge in [0.2, 0.25) is 0 Å². The molecule has 482 valence electrons. The fraction of sp³-hybridized carbons (Fsp3) is 0.289. The van der Waals surface area contributed by atoms with Crippen molar-refractivity contribution in [1.82, 2.24) is 0 Å². The van der Waals surface area contributed by atoms with Crippen LogP contribution in [-0.2, 0) is 20.1 Å². The minimum Gasteiger partial charge on any atom is -0.494 e. The summed E-state index contributed by atoms with van der Waals surface area (Å²) in [5.41, 5.74) is 9.50. The molecule has 1 heterocycles. The molecule has 0 bridgehead atoms. The molecule has 96 heavy (non-hydrogen) atoms. The Hall–Kier alpha value is -8.98. The van der Waals surface area contributed by atoms with Crippen LogP contribution in [0.15, 0.2) is 199 Å². The Morgan fingerprint density at radius 3 is 1.15 bits per heavy atom. The molecule has 0 unspecified atom stereocenters. The Morgan fingerprint density at radius 1 is 0.396 bits per heavy atom. The van der Waals surface area contributed by atoms with E-state index in [0.717, 1.165) is 75.3 Å². The third-order valence-electron chi connectivity index (χ3n) is 18.6. The van der Waals surface area contributed by atoms with Crippen molar-refractivity contribution in [3.05, 3.63) is 232 Å². The second kappa shape index (κ2) is 30.0. The van der Waals surface area contributed by atoms with E-state index >= 15 is 0 Å². The molecular formula is C90H88BBrO4. The molecule has 13 rings (SSSR count). The van der Waals surface area contributed by atoms with E-state index in [1.807, 2.05) is 78.9 Å². The van der Waals surface area contributed by atoms with Gasteiger partial charge in [0.1, 0.15) is 11.5 Å². The summed E-state index contributed by atoms with van der Waals surface area (Å²) in [7, 11) is -0.339. The molecule has 1 fully saturated rings. The van der Waals surface area contributed by atoms with Gasteiger partial charge in [-0.05, 0) is 262 Å². The zero-order valence-electron chi connectivity index (χ0n) is 58.1. The first kappa shape index (κ1) is 68.4.